The van der Waals surface area contributed by atoms with Crippen molar-refractivity contribution in [2.45, 2.75) is 13.8 Å². The molecule has 4 rings (SSSR count). The van der Waals surface area contributed by atoms with E-state index in [4.69, 9.17) is 9.15 Å². The van der Waals surface area contributed by atoms with Crippen LogP contribution >= 0.6 is 11.3 Å². The second kappa shape index (κ2) is 8.55. The number of ether oxygens (including phenoxy) is 1. The highest BCUT2D eigenvalue weighted by Crippen LogP contribution is 2.36. The fraction of sp³-hybridized carbons (Fsp3) is 0.167. The molecule has 6 heteroatoms. The van der Waals surface area contributed by atoms with Crippen molar-refractivity contribution in [2.24, 2.45) is 0 Å². The predicted octanol–water partition coefficient (Wildman–Crippen LogP) is 5.94. The first-order chi connectivity index (χ1) is 14.6. The van der Waals surface area contributed by atoms with E-state index in [1.807, 2.05) is 60.8 Å². The van der Waals surface area contributed by atoms with Gasteiger partial charge in [0, 0.05) is 16.3 Å². The van der Waals surface area contributed by atoms with Gasteiger partial charge in [-0.2, -0.15) is 0 Å². The molecule has 0 bridgehead atoms. The van der Waals surface area contributed by atoms with Crippen molar-refractivity contribution < 1.29 is 18.7 Å². The zero-order valence-corrected chi connectivity index (χ0v) is 17.5. The zero-order chi connectivity index (χ0) is 21.1. The van der Waals surface area contributed by atoms with Crippen LogP contribution in [0.4, 0.5) is 5.00 Å². The molecule has 0 fully saturated rings. The Labute approximate surface area is 178 Å². The van der Waals surface area contributed by atoms with Crippen molar-refractivity contribution in [3.05, 3.63) is 76.9 Å². The van der Waals surface area contributed by atoms with Crippen molar-refractivity contribution in [2.75, 3.05) is 18.5 Å². The number of fused-ring (bicyclic) bond motifs is 1. The number of thiophene rings is 1. The number of nitrogens with one attached hydrogen (secondary N) is 1. The van der Waals surface area contributed by atoms with E-state index < -0.39 is 5.97 Å². The number of anilines is 1. The van der Waals surface area contributed by atoms with Gasteiger partial charge in [0.25, 0.3) is 0 Å². The van der Waals surface area contributed by atoms with Crippen LogP contribution in [-0.4, -0.2) is 24.9 Å². The summed E-state index contributed by atoms with van der Waals surface area (Å²) in [5.41, 5.74) is 3.98. The van der Waals surface area contributed by atoms with E-state index in [0.717, 1.165) is 22.1 Å². The number of aryl methyl sites for hydroxylation is 1. The number of rotatable bonds is 7. The molecular formula is C24H21NO4S. The molecule has 2 aromatic carbocycles. The molecular weight excluding hydrogens is 398 g/mol. The third kappa shape index (κ3) is 4.00. The lowest BCUT2D eigenvalue weighted by Gasteiger charge is -2.09. The Balaban J connectivity index is 1.59. The van der Waals surface area contributed by atoms with Gasteiger partial charge in [0.2, 0.25) is 5.78 Å². The van der Waals surface area contributed by atoms with E-state index in [0.29, 0.717) is 16.1 Å². The van der Waals surface area contributed by atoms with Crippen molar-refractivity contribution >= 4 is 39.1 Å². The van der Waals surface area contributed by atoms with Gasteiger partial charge in [-0.05, 0) is 31.5 Å². The number of Topliss-reactive ketones (excluding diaryl/α,β-unsaturated/α-hetero) is 1. The Morgan fingerprint density at radius 3 is 2.60 bits per heavy atom. The quantitative estimate of drug-likeness (QED) is 0.296. The lowest BCUT2D eigenvalue weighted by molar-refractivity contribution is 0.0528. The van der Waals surface area contributed by atoms with Gasteiger partial charge in [-0.25, -0.2) is 4.79 Å². The second-order valence-corrected chi connectivity index (χ2v) is 7.74. The first kappa shape index (κ1) is 19.9. The van der Waals surface area contributed by atoms with Gasteiger partial charge in [0.15, 0.2) is 5.76 Å². The summed E-state index contributed by atoms with van der Waals surface area (Å²) in [6.07, 6.45) is 0. The summed E-state index contributed by atoms with van der Waals surface area (Å²) in [6.45, 7) is 4.08. The van der Waals surface area contributed by atoms with Gasteiger partial charge >= 0.3 is 5.97 Å². The van der Waals surface area contributed by atoms with E-state index in [9.17, 15) is 9.59 Å². The van der Waals surface area contributed by atoms with Gasteiger partial charge in [-0.1, -0.05) is 48.0 Å². The van der Waals surface area contributed by atoms with E-state index in [-0.39, 0.29) is 24.7 Å². The first-order valence-corrected chi connectivity index (χ1v) is 10.6. The average molecular weight is 420 g/mol. The van der Waals surface area contributed by atoms with Crippen LogP contribution in [0.3, 0.4) is 0 Å². The zero-order valence-electron chi connectivity index (χ0n) is 16.7. The van der Waals surface area contributed by atoms with Crippen LogP contribution in [0.15, 0.2) is 64.4 Å². The van der Waals surface area contributed by atoms with Gasteiger partial charge < -0.3 is 14.5 Å². The van der Waals surface area contributed by atoms with E-state index >= 15 is 0 Å². The minimum Gasteiger partial charge on any atom is -0.462 e. The van der Waals surface area contributed by atoms with Gasteiger partial charge in [0.05, 0.1) is 13.2 Å². The van der Waals surface area contributed by atoms with Gasteiger partial charge in [0.1, 0.15) is 16.1 Å². The summed E-state index contributed by atoms with van der Waals surface area (Å²) < 4.78 is 10.9. The average Bonchev–Trinajstić information content (AvgIpc) is 3.37. The van der Waals surface area contributed by atoms with Gasteiger partial charge in [-0.3, -0.25) is 4.79 Å². The first-order valence-electron chi connectivity index (χ1n) is 9.68. The Kier molecular flexibility index (Phi) is 5.68. The molecule has 2 heterocycles. The normalized spacial score (nSPS) is 10.9. The molecule has 0 aliphatic carbocycles. The molecule has 4 aromatic rings. The van der Waals surface area contributed by atoms with Gasteiger partial charge in [-0.15, -0.1) is 11.3 Å². The Morgan fingerprint density at radius 1 is 1.10 bits per heavy atom. The molecule has 0 saturated heterocycles. The summed E-state index contributed by atoms with van der Waals surface area (Å²) in [5.74, 6) is -0.309. The highest BCUT2D eigenvalue weighted by molar-refractivity contribution is 7.15. The number of furan rings is 1. The standard InChI is InChI=1S/C24H21NO4S/c1-3-28-24(27)22-18(16-10-8-15(2)9-11-16)14-30-23(22)25-13-19(26)21-12-17-6-4-5-7-20(17)29-21/h4-12,14,25H,3,13H2,1-2H3. The van der Waals surface area contributed by atoms with Crippen molar-refractivity contribution in [3.8, 4) is 11.1 Å². The minimum atomic E-state index is -0.409. The third-order valence-corrected chi connectivity index (χ3v) is 5.68. The molecule has 0 saturated carbocycles. The van der Waals surface area contributed by atoms with Crippen LogP contribution in [0.2, 0.25) is 0 Å². The molecule has 0 aliphatic rings. The molecule has 0 amide bonds. The van der Waals surface area contributed by atoms with Crippen molar-refractivity contribution in [1.82, 2.24) is 0 Å². The van der Waals surface area contributed by atoms with Crippen molar-refractivity contribution in [3.63, 3.8) is 0 Å². The molecule has 30 heavy (non-hydrogen) atoms. The minimum absolute atomic E-state index is 0.0140. The Hall–Kier alpha value is -3.38. The van der Waals surface area contributed by atoms with Crippen LogP contribution in [0.1, 0.15) is 33.4 Å². The summed E-state index contributed by atoms with van der Waals surface area (Å²) in [7, 11) is 0. The number of carbonyl (C=O) groups is 2. The van der Waals surface area contributed by atoms with Crippen LogP contribution in [0.5, 0.6) is 0 Å². The monoisotopic (exact) mass is 419 g/mol. The van der Waals surface area contributed by atoms with Crippen LogP contribution in [0.25, 0.3) is 22.1 Å². The topological polar surface area (TPSA) is 68.5 Å². The van der Waals surface area contributed by atoms with E-state index in [1.165, 1.54) is 11.3 Å². The predicted molar refractivity (Wildman–Crippen MR) is 119 cm³/mol. The summed E-state index contributed by atoms with van der Waals surface area (Å²) in [6, 6.07) is 17.2. The number of hydrogen-bond donors (Lipinski definition) is 1. The molecule has 0 aliphatic heterocycles. The molecule has 0 unspecified atom stereocenters. The van der Waals surface area contributed by atoms with E-state index in [2.05, 4.69) is 5.32 Å². The SMILES string of the molecule is CCOC(=O)c1c(-c2ccc(C)cc2)csc1NCC(=O)c1cc2ccccc2o1. The second-order valence-electron chi connectivity index (χ2n) is 6.87. The summed E-state index contributed by atoms with van der Waals surface area (Å²) >= 11 is 1.38. The maximum atomic E-state index is 12.7. The number of esters is 1. The van der Waals surface area contributed by atoms with Crippen LogP contribution < -0.4 is 5.32 Å². The maximum Gasteiger partial charge on any atom is 0.341 e. The third-order valence-electron chi connectivity index (χ3n) is 4.74. The molecule has 2 aromatic heterocycles. The van der Waals surface area contributed by atoms with Crippen LogP contribution in [-0.2, 0) is 4.74 Å². The number of ketones is 1. The summed E-state index contributed by atoms with van der Waals surface area (Å²) in [5, 5.41) is 6.50. The highest BCUT2D eigenvalue weighted by atomic mass is 32.1. The number of benzene rings is 2. The van der Waals surface area contributed by atoms with Crippen molar-refractivity contribution in [1.29, 1.82) is 0 Å². The molecule has 0 radical (unpaired) electrons. The molecule has 0 atom stereocenters. The number of hydrogen-bond acceptors (Lipinski definition) is 6. The number of para-hydroxylation sites is 1. The Bertz CT molecular complexity index is 1170. The Morgan fingerprint density at radius 2 is 1.87 bits per heavy atom. The molecule has 5 nitrogen and oxygen atoms in total. The summed E-state index contributed by atoms with van der Waals surface area (Å²) in [4.78, 5) is 25.3. The lowest BCUT2D eigenvalue weighted by atomic mass is 10.0. The maximum absolute atomic E-state index is 12.7. The number of carbonyl (C=O) groups excluding carboxylic acids is 2. The van der Waals surface area contributed by atoms with E-state index in [1.54, 1.807) is 13.0 Å². The lowest BCUT2D eigenvalue weighted by Crippen LogP contribution is -2.15. The largest absolute Gasteiger partial charge is 0.462 e. The fourth-order valence-electron chi connectivity index (χ4n) is 3.21. The molecule has 152 valence electrons. The highest BCUT2D eigenvalue weighted by Gasteiger charge is 2.22. The smallest absolute Gasteiger partial charge is 0.341 e. The molecule has 1 N–H and O–H groups in total. The van der Waals surface area contributed by atoms with Crippen LogP contribution in [0, 0.1) is 6.92 Å². The fourth-order valence-corrected chi connectivity index (χ4v) is 4.16. The molecule has 0 spiro atoms.